The lowest BCUT2D eigenvalue weighted by molar-refractivity contribution is -0.145. The lowest BCUT2D eigenvalue weighted by Crippen LogP contribution is -2.26. The van der Waals surface area contributed by atoms with E-state index in [0.717, 1.165) is 32.1 Å². The first-order valence-electron chi connectivity index (χ1n) is 11.2. The Balaban J connectivity index is 2.40. The summed E-state index contributed by atoms with van der Waals surface area (Å²) in [5, 5.41) is 10.7. The van der Waals surface area contributed by atoms with Gasteiger partial charge in [0, 0.05) is 25.2 Å². The molecule has 0 aromatic heterocycles. The topological polar surface area (TPSA) is 80.7 Å². The number of allylic oxidation sites excluding steroid dienone is 5. The maximum Gasteiger partial charge on any atom is 0.303 e. The predicted molar refractivity (Wildman–Crippen MR) is 119 cm³/mol. The van der Waals surface area contributed by atoms with Crippen LogP contribution in [0, 0.1) is 11.8 Å². The van der Waals surface area contributed by atoms with Crippen LogP contribution in [0.1, 0.15) is 78.6 Å². The van der Waals surface area contributed by atoms with E-state index in [9.17, 15) is 19.5 Å². The van der Waals surface area contributed by atoms with Crippen molar-refractivity contribution in [3.63, 3.8) is 0 Å². The highest BCUT2D eigenvalue weighted by Crippen LogP contribution is 2.29. The zero-order valence-electron chi connectivity index (χ0n) is 18.8. The molecule has 0 fully saturated rings. The van der Waals surface area contributed by atoms with E-state index in [1.165, 1.54) is 6.92 Å². The molecule has 0 heterocycles. The molecule has 1 aliphatic carbocycles. The molecule has 5 nitrogen and oxygen atoms in total. The molecule has 1 aliphatic rings. The van der Waals surface area contributed by atoms with Crippen molar-refractivity contribution in [2.75, 3.05) is 6.61 Å². The fraction of sp³-hybridized carbons (Fsp3) is 0.640. The second-order valence-corrected chi connectivity index (χ2v) is 8.18. The van der Waals surface area contributed by atoms with Gasteiger partial charge in [-0.05, 0) is 44.6 Å². The third-order valence-electron chi connectivity index (χ3n) is 5.64. The summed E-state index contributed by atoms with van der Waals surface area (Å²) < 4.78 is 4.68. The van der Waals surface area contributed by atoms with E-state index in [2.05, 4.69) is 17.7 Å². The predicted octanol–water partition coefficient (Wildman–Crippen LogP) is 4.88. The van der Waals surface area contributed by atoms with Crippen molar-refractivity contribution in [1.82, 2.24) is 0 Å². The summed E-state index contributed by atoms with van der Waals surface area (Å²) in [6.07, 6.45) is 18.4. The molecular formula is C25H38O5. The molecule has 5 heteroatoms. The molecule has 0 aliphatic heterocycles. The van der Waals surface area contributed by atoms with Crippen LogP contribution in [-0.2, 0) is 19.1 Å². The van der Waals surface area contributed by atoms with Crippen LogP contribution < -0.4 is 0 Å². The monoisotopic (exact) mass is 418 g/mol. The van der Waals surface area contributed by atoms with Crippen molar-refractivity contribution in [3.8, 4) is 0 Å². The van der Waals surface area contributed by atoms with Crippen LogP contribution in [0.4, 0.5) is 0 Å². The zero-order valence-corrected chi connectivity index (χ0v) is 18.8. The van der Waals surface area contributed by atoms with Crippen LogP contribution in [0.25, 0.3) is 0 Å². The minimum atomic E-state index is -0.652. The van der Waals surface area contributed by atoms with E-state index in [0.29, 0.717) is 25.7 Å². The number of carbonyl (C=O) groups is 3. The summed E-state index contributed by atoms with van der Waals surface area (Å²) in [6, 6.07) is 0. The number of ether oxygens (including phenoxy) is 1. The number of Topliss-reactive ketones (excluding diaryl/α,β-unsaturated/α-hetero) is 1. The first kappa shape index (κ1) is 26.0. The van der Waals surface area contributed by atoms with Gasteiger partial charge in [-0.15, -0.1) is 0 Å². The van der Waals surface area contributed by atoms with Gasteiger partial charge in [0.25, 0.3) is 0 Å². The van der Waals surface area contributed by atoms with E-state index < -0.39 is 11.6 Å². The quantitative estimate of drug-likeness (QED) is 0.233. The van der Waals surface area contributed by atoms with Gasteiger partial charge in [0.05, 0.1) is 5.60 Å². The summed E-state index contributed by atoms with van der Waals surface area (Å²) in [4.78, 5) is 34.4. The highest BCUT2D eigenvalue weighted by molar-refractivity contribution is 5.95. The van der Waals surface area contributed by atoms with Crippen molar-refractivity contribution in [2.45, 2.75) is 84.2 Å². The van der Waals surface area contributed by atoms with E-state index in [-0.39, 0.29) is 30.0 Å². The number of esters is 1. The van der Waals surface area contributed by atoms with Crippen LogP contribution in [0.3, 0.4) is 0 Å². The van der Waals surface area contributed by atoms with Crippen LogP contribution in [0.2, 0.25) is 0 Å². The van der Waals surface area contributed by atoms with Crippen LogP contribution >= 0.6 is 0 Å². The summed E-state index contributed by atoms with van der Waals surface area (Å²) in [5.41, 5.74) is -0.652. The van der Waals surface area contributed by atoms with Crippen molar-refractivity contribution in [1.29, 1.82) is 0 Å². The molecular weight excluding hydrogens is 380 g/mol. The molecule has 0 saturated heterocycles. The molecule has 1 N–H and O–H groups in total. The van der Waals surface area contributed by atoms with Crippen molar-refractivity contribution < 1.29 is 24.2 Å². The third-order valence-corrected chi connectivity index (χ3v) is 5.64. The molecule has 0 bridgehead atoms. The first-order chi connectivity index (χ1) is 14.3. The number of carbonyl (C=O) groups excluding carboxylic acids is 3. The van der Waals surface area contributed by atoms with Gasteiger partial charge >= 0.3 is 5.97 Å². The molecule has 0 saturated carbocycles. The minimum Gasteiger partial charge on any atom is -0.458 e. The molecule has 0 amide bonds. The zero-order chi connectivity index (χ0) is 22.4. The third kappa shape index (κ3) is 10.1. The largest absolute Gasteiger partial charge is 0.458 e. The van der Waals surface area contributed by atoms with Crippen LogP contribution in [0.5, 0.6) is 0 Å². The molecule has 168 valence electrons. The van der Waals surface area contributed by atoms with E-state index in [1.807, 2.05) is 31.2 Å². The molecule has 0 aromatic rings. The molecule has 1 rings (SSSR count). The Labute approximate surface area is 181 Å². The Morgan fingerprint density at radius 2 is 1.97 bits per heavy atom. The summed E-state index contributed by atoms with van der Waals surface area (Å²) >= 11 is 0. The second-order valence-electron chi connectivity index (χ2n) is 8.18. The van der Waals surface area contributed by atoms with Gasteiger partial charge in [0.1, 0.15) is 6.61 Å². The molecule has 30 heavy (non-hydrogen) atoms. The lowest BCUT2D eigenvalue weighted by Gasteiger charge is -2.25. The average molecular weight is 419 g/mol. The summed E-state index contributed by atoms with van der Waals surface area (Å²) in [7, 11) is 0. The first-order valence-corrected chi connectivity index (χ1v) is 11.2. The van der Waals surface area contributed by atoms with E-state index in [4.69, 9.17) is 0 Å². The van der Waals surface area contributed by atoms with Gasteiger partial charge < -0.3 is 9.84 Å². The Kier molecular flexibility index (Phi) is 12.2. The maximum atomic E-state index is 12.2. The average Bonchev–Trinajstić information content (AvgIpc) is 3.07. The van der Waals surface area contributed by atoms with Gasteiger partial charge in [-0.1, -0.05) is 57.1 Å². The van der Waals surface area contributed by atoms with Crippen molar-refractivity contribution in [3.05, 3.63) is 36.5 Å². The molecule has 0 radical (unpaired) electrons. The Hall–Kier alpha value is -2.01. The van der Waals surface area contributed by atoms with E-state index >= 15 is 0 Å². The minimum absolute atomic E-state index is 0.0692. The molecule has 0 spiro atoms. The SMILES string of the molecule is CCCCC(O)(CC)C/C=C/[C@H]1C=CC(=O)[C@@H]1C/C=C\CCCC(=O)COC(C)=O. The van der Waals surface area contributed by atoms with Crippen molar-refractivity contribution >= 4 is 17.5 Å². The summed E-state index contributed by atoms with van der Waals surface area (Å²) in [6.45, 7) is 5.27. The number of ketones is 2. The number of hydrogen-bond acceptors (Lipinski definition) is 5. The highest BCUT2D eigenvalue weighted by atomic mass is 16.5. The van der Waals surface area contributed by atoms with Crippen LogP contribution in [0.15, 0.2) is 36.5 Å². The lowest BCUT2D eigenvalue weighted by atomic mass is 9.87. The highest BCUT2D eigenvalue weighted by Gasteiger charge is 2.28. The summed E-state index contributed by atoms with van der Waals surface area (Å²) in [5.74, 6) is -0.400. The number of unbranched alkanes of at least 4 members (excludes halogenated alkanes) is 2. The number of rotatable bonds is 15. The van der Waals surface area contributed by atoms with Gasteiger partial charge in [-0.2, -0.15) is 0 Å². The molecule has 0 aromatic carbocycles. The second kappa shape index (κ2) is 14.1. The van der Waals surface area contributed by atoms with Gasteiger partial charge in [0.2, 0.25) is 0 Å². The van der Waals surface area contributed by atoms with Crippen LogP contribution in [-0.4, -0.2) is 34.9 Å². The normalized spacial score (nSPS) is 20.9. The van der Waals surface area contributed by atoms with Gasteiger partial charge in [-0.25, -0.2) is 0 Å². The maximum absolute atomic E-state index is 12.2. The Morgan fingerprint density at radius 3 is 2.63 bits per heavy atom. The molecule has 1 unspecified atom stereocenters. The number of aliphatic hydroxyl groups is 1. The number of hydrogen-bond donors (Lipinski definition) is 1. The fourth-order valence-corrected chi connectivity index (χ4v) is 3.53. The van der Waals surface area contributed by atoms with E-state index in [1.54, 1.807) is 6.08 Å². The smallest absolute Gasteiger partial charge is 0.303 e. The molecule has 3 atom stereocenters. The van der Waals surface area contributed by atoms with Gasteiger partial charge in [0.15, 0.2) is 11.6 Å². The Morgan fingerprint density at radius 1 is 1.20 bits per heavy atom. The Bertz CT molecular complexity index is 646. The van der Waals surface area contributed by atoms with Crippen molar-refractivity contribution in [2.24, 2.45) is 11.8 Å². The van der Waals surface area contributed by atoms with Gasteiger partial charge in [-0.3, -0.25) is 14.4 Å². The standard InChI is InChI=1S/C25H38O5/c1-4-6-17-25(29,5-2)18-11-12-21-15-16-24(28)23(21)14-10-8-7-9-13-22(27)19-30-20(3)26/h8,10-12,15-16,21,23,29H,4-7,9,13-14,17-19H2,1-3H3/b10-8-,12-11+/t21-,23+,25?/m0/s1. The fourth-order valence-electron chi connectivity index (χ4n) is 3.53.